The van der Waals surface area contributed by atoms with Crippen LogP contribution < -0.4 is 10.6 Å². The highest BCUT2D eigenvalue weighted by Crippen LogP contribution is 2.15. The molecule has 0 radical (unpaired) electrons. The summed E-state index contributed by atoms with van der Waals surface area (Å²) >= 11 is 0. The highest BCUT2D eigenvalue weighted by molar-refractivity contribution is 5.95. The summed E-state index contributed by atoms with van der Waals surface area (Å²) in [4.78, 5) is 32.8. The Morgan fingerprint density at radius 3 is 2.74 bits per heavy atom. The van der Waals surface area contributed by atoms with Crippen molar-refractivity contribution in [3.05, 3.63) is 0 Å². The Balaban J connectivity index is 2.18. The van der Waals surface area contributed by atoms with Crippen LogP contribution in [0.4, 0.5) is 4.79 Å². The molecule has 1 fully saturated rings. The van der Waals surface area contributed by atoms with Gasteiger partial charge in [0, 0.05) is 6.61 Å². The minimum Gasteiger partial charge on any atom is -0.480 e. The molecular weight excluding hydrogens is 256 g/mol. The summed E-state index contributed by atoms with van der Waals surface area (Å²) in [6.45, 7) is 1.41. The van der Waals surface area contributed by atoms with E-state index in [9.17, 15) is 14.4 Å². The van der Waals surface area contributed by atoms with Crippen LogP contribution in [0.25, 0.3) is 0 Å². The first-order chi connectivity index (χ1) is 8.99. The van der Waals surface area contributed by atoms with Gasteiger partial charge in [0.15, 0.2) is 0 Å². The second-order valence-corrected chi connectivity index (χ2v) is 4.25. The van der Waals surface area contributed by atoms with E-state index in [1.54, 1.807) is 6.92 Å². The van der Waals surface area contributed by atoms with Gasteiger partial charge in [-0.05, 0) is 19.8 Å². The van der Waals surface area contributed by atoms with Crippen LogP contribution in [-0.2, 0) is 19.1 Å². The van der Waals surface area contributed by atoms with Crippen LogP contribution in [0.15, 0.2) is 0 Å². The molecule has 19 heavy (non-hydrogen) atoms. The molecule has 8 heteroatoms. The van der Waals surface area contributed by atoms with E-state index in [1.807, 2.05) is 5.32 Å². The van der Waals surface area contributed by atoms with Gasteiger partial charge >= 0.3 is 12.0 Å². The fraction of sp³-hybridized carbons (Fsp3) is 0.727. The second kappa shape index (κ2) is 7.70. The molecule has 1 rings (SSSR count). The third kappa shape index (κ3) is 6.16. The summed E-state index contributed by atoms with van der Waals surface area (Å²) in [6.07, 6.45) is 1.79. The van der Waals surface area contributed by atoms with Crippen molar-refractivity contribution in [3.8, 4) is 0 Å². The first-order valence-electron chi connectivity index (χ1n) is 6.00. The van der Waals surface area contributed by atoms with Gasteiger partial charge in [0.05, 0.1) is 12.1 Å². The largest absolute Gasteiger partial charge is 0.480 e. The van der Waals surface area contributed by atoms with Gasteiger partial charge in [-0.15, -0.1) is 0 Å². The van der Waals surface area contributed by atoms with E-state index in [0.717, 1.165) is 12.8 Å². The van der Waals surface area contributed by atoms with Crippen molar-refractivity contribution in [1.82, 2.24) is 10.6 Å². The molecule has 1 heterocycles. The van der Waals surface area contributed by atoms with Crippen LogP contribution in [-0.4, -0.2) is 55.0 Å². The maximum absolute atomic E-state index is 11.4. The van der Waals surface area contributed by atoms with E-state index in [1.165, 1.54) is 0 Å². The third-order valence-electron chi connectivity index (χ3n) is 2.59. The number of nitrogens with one attached hydrogen (secondary N) is 2. The lowest BCUT2D eigenvalue weighted by atomic mass is 10.1. The normalized spacial score (nSPS) is 19.7. The van der Waals surface area contributed by atoms with Gasteiger partial charge in [-0.25, -0.2) is 9.59 Å². The van der Waals surface area contributed by atoms with Crippen molar-refractivity contribution in [3.63, 3.8) is 0 Å². The first-order valence-corrected chi connectivity index (χ1v) is 6.00. The van der Waals surface area contributed by atoms with Crippen LogP contribution in [0.1, 0.15) is 19.8 Å². The van der Waals surface area contributed by atoms with Crippen molar-refractivity contribution in [2.24, 2.45) is 0 Å². The SMILES string of the molecule is CC(NC(=O)NC(=O)COCC(=O)O)C1CCCO1. The van der Waals surface area contributed by atoms with Crippen molar-refractivity contribution < 1.29 is 29.0 Å². The zero-order valence-electron chi connectivity index (χ0n) is 10.7. The van der Waals surface area contributed by atoms with Crippen molar-refractivity contribution >= 4 is 17.9 Å². The average molecular weight is 274 g/mol. The molecule has 3 N–H and O–H groups in total. The van der Waals surface area contributed by atoms with Crippen molar-refractivity contribution in [2.45, 2.75) is 31.9 Å². The zero-order chi connectivity index (χ0) is 14.3. The van der Waals surface area contributed by atoms with Crippen LogP contribution in [0, 0.1) is 0 Å². The molecule has 108 valence electrons. The maximum atomic E-state index is 11.4. The van der Waals surface area contributed by atoms with E-state index in [0.29, 0.717) is 6.61 Å². The number of carbonyl (C=O) groups is 3. The number of hydrogen-bond donors (Lipinski definition) is 3. The maximum Gasteiger partial charge on any atom is 0.329 e. The molecule has 0 aromatic rings. The predicted octanol–water partition coefficient (Wildman–Crippen LogP) is -0.519. The molecule has 0 bridgehead atoms. The van der Waals surface area contributed by atoms with E-state index >= 15 is 0 Å². The highest BCUT2D eigenvalue weighted by Gasteiger charge is 2.24. The Morgan fingerprint density at radius 1 is 1.42 bits per heavy atom. The quantitative estimate of drug-likeness (QED) is 0.600. The molecule has 3 amide bonds. The summed E-state index contributed by atoms with van der Waals surface area (Å²) in [7, 11) is 0. The first kappa shape index (κ1) is 15.4. The second-order valence-electron chi connectivity index (χ2n) is 4.25. The summed E-state index contributed by atoms with van der Waals surface area (Å²) in [5, 5.41) is 12.9. The number of imide groups is 1. The third-order valence-corrected chi connectivity index (χ3v) is 2.59. The Hall–Kier alpha value is -1.67. The summed E-state index contributed by atoms with van der Waals surface area (Å²) in [6, 6.07) is -0.845. The van der Waals surface area contributed by atoms with Gasteiger partial charge in [0.1, 0.15) is 13.2 Å². The van der Waals surface area contributed by atoms with E-state index in [4.69, 9.17) is 9.84 Å². The predicted molar refractivity (Wildman–Crippen MR) is 63.6 cm³/mol. The van der Waals surface area contributed by atoms with E-state index in [-0.39, 0.29) is 12.1 Å². The molecule has 0 aromatic carbocycles. The minimum atomic E-state index is -1.18. The van der Waals surface area contributed by atoms with Gasteiger partial charge in [0.25, 0.3) is 5.91 Å². The monoisotopic (exact) mass is 274 g/mol. The van der Waals surface area contributed by atoms with E-state index in [2.05, 4.69) is 10.1 Å². The molecule has 1 saturated heterocycles. The van der Waals surface area contributed by atoms with Gasteiger partial charge in [0.2, 0.25) is 0 Å². The number of carboxylic acids is 1. The summed E-state index contributed by atoms with van der Waals surface area (Å²) in [5.41, 5.74) is 0. The van der Waals surface area contributed by atoms with Crippen molar-refractivity contribution in [1.29, 1.82) is 0 Å². The Kier molecular flexibility index (Phi) is 6.23. The minimum absolute atomic E-state index is 0.0379. The van der Waals surface area contributed by atoms with Gasteiger partial charge in [-0.2, -0.15) is 0 Å². The molecule has 0 aliphatic carbocycles. The Morgan fingerprint density at radius 2 is 2.16 bits per heavy atom. The molecule has 0 spiro atoms. The highest BCUT2D eigenvalue weighted by atomic mass is 16.5. The molecule has 8 nitrogen and oxygen atoms in total. The molecule has 1 aliphatic rings. The molecular formula is C11H18N2O6. The number of urea groups is 1. The lowest BCUT2D eigenvalue weighted by molar-refractivity contribution is -0.143. The number of carbonyl (C=O) groups excluding carboxylic acids is 2. The van der Waals surface area contributed by atoms with E-state index < -0.39 is 31.1 Å². The van der Waals surface area contributed by atoms with Gasteiger partial charge < -0.3 is 19.9 Å². The van der Waals surface area contributed by atoms with Crippen LogP contribution in [0.2, 0.25) is 0 Å². The Labute approximate surface area is 110 Å². The number of aliphatic carboxylic acids is 1. The topological polar surface area (TPSA) is 114 Å². The number of amides is 3. The van der Waals surface area contributed by atoms with Crippen molar-refractivity contribution in [2.75, 3.05) is 19.8 Å². The van der Waals surface area contributed by atoms with Crippen LogP contribution in [0.3, 0.4) is 0 Å². The number of rotatable bonds is 6. The lowest BCUT2D eigenvalue weighted by Crippen LogP contribution is -2.48. The lowest BCUT2D eigenvalue weighted by Gasteiger charge is -2.19. The van der Waals surface area contributed by atoms with Gasteiger partial charge in [-0.3, -0.25) is 10.1 Å². The molecule has 0 aromatic heterocycles. The fourth-order valence-electron chi connectivity index (χ4n) is 1.73. The number of ether oxygens (including phenoxy) is 2. The number of hydrogen-bond acceptors (Lipinski definition) is 5. The molecule has 0 saturated carbocycles. The summed E-state index contributed by atoms with van der Waals surface area (Å²) in [5.74, 6) is -1.87. The van der Waals surface area contributed by atoms with Crippen LogP contribution >= 0.6 is 0 Å². The summed E-state index contributed by atoms with van der Waals surface area (Å²) < 4.78 is 9.94. The molecule has 1 aliphatic heterocycles. The fourth-order valence-corrected chi connectivity index (χ4v) is 1.73. The molecule has 2 unspecified atom stereocenters. The number of carboxylic acid groups (broad SMARTS) is 1. The standard InChI is InChI=1S/C11H18N2O6/c1-7(8-3-2-4-19-8)12-11(17)13-9(14)5-18-6-10(15)16/h7-8H,2-6H2,1H3,(H,15,16)(H2,12,13,14,17). The molecule has 2 atom stereocenters. The smallest absolute Gasteiger partial charge is 0.329 e. The van der Waals surface area contributed by atoms with Gasteiger partial charge in [-0.1, -0.05) is 0 Å². The zero-order valence-corrected chi connectivity index (χ0v) is 10.7. The van der Waals surface area contributed by atoms with Crippen LogP contribution in [0.5, 0.6) is 0 Å². The Bertz CT molecular complexity index is 340. The average Bonchev–Trinajstić information content (AvgIpc) is 2.81.